The van der Waals surface area contributed by atoms with E-state index < -0.39 is 23.3 Å². The highest BCUT2D eigenvalue weighted by molar-refractivity contribution is 5.70. The SMILES string of the molecule is CCCOCCOC(=O)CC(CCCCNC(=O)OCCOCCO[N+](=O)[O-])OC=O. The molecule has 0 saturated heterocycles. The summed E-state index contributed by atoms with van der Waals surface area (Å²) in [5.74, 6) is -0.471. The highest BCUT2D eigenvalue weighted by Crippen LogP contribution is 2.09. The fraction of sp³-hybridized carbons (Fsp3) is 0.833. The molecule has 0 fully saturated rings. The van der Waals surface area contributed by atoms with Gasteiger partial charge >= 0.3 is 12.1 Å². The lowest BCUT2D eigenvalue weighted by Gasteiger charge is -2.14. The minimum absolute atomic E-state index is 0.00879. The van der Waals surface area contributed by atoms with Crippen LogP contribution in [0.15, 0.2) is 0 Å². The van der Waals surface area contributed by atoms with Gasteiger partial charge in [0.2, 0.25) is 0 Å². The average Bonchev–Trinajstić information content (AvgIpc) is 2.72. The molecule has 0 aliphatic carbocycles. The maximum absolute atomic E-state index is 11.8. The van der Waals surface area contributed by atoms with Gasteiger partial charge in [0.15, 0.2) is 0 Å². The first-order valence-corrected chi connectivity index (χ1v) is 10.1. The molecule has 13 nitrogen and oxygen atoms in total. The van der Waals surface area contributed by atoms with Crippen LogP contribution in [0.4, 0.5) is 4.79 Å². The number of hydrogen-bond acceptors (Lipinski definition) is 11. The lowest BCUT2D eigenvalue weighted by Crippen LogP contribution is -2.27. The van der Waals surface area contributed by atoms with E-state index in [-0.39, 0.29) is 39.5 Å². The third kappa shape index (κ3) is 20.4. The average molecular weight is 452 g/mol. The van der Waals surface area contributed by atoms with Gasteiger partial charge in [0.25, 0.3) is 11.6 Å². The van der Waals surface area contributed by atoms with E-state index >= 15 is 0 Å². The Balaban J connectivity index is 3.71. The van der Waals surface area contributed by atoms with Gasteiger partial charge in [-0.3, -0.25) is 9.59 Å². The Morgan fingerprint density at radius 2 is 1.68 bits per heavy atom. The third-order valence-electron chi connectivity index (χ3n) is 3.59. The summed E-state index contributed by atoms with van der Waals surface area (Å²) in [7, 11) is 0. The minimum atomic E-state index is -0.919. The van der Waals surface area contributed by atoms with Crippen LogP contribution in [0, 0.1) is 10.1 Å². The van der Waals surface area contributed by atoms with E-state index in [0.717, 1.165) is 6.42 Å². The van der Waals surface area contributed by atoms with Gasteiger partial charge in [-0.05, 0) is 25.7 Å². The molecule has 0 saturated carbocycles. The number of nitrogens with one attached hydrogen (secondary N) is 1. The van der Waals surface area contributed by atoms with Crippen LogP contribution in [0.3, 0.4) is 0 Å². The number of carbonyl (C=O) groups is 3. The maximum Gasteiger partial charge on any atom is 0.407 e. The number of carbonyl (C=O) groups excluding carboxylic acids is 3. The lowest BCUT2D eigenvalue weighted by atomic mass is 10.1. The molecule has 31 heavy (non-hydrogen) atoms. The highest BCUT2D eigenvalue weighted by Gasteiger charge is 2.16. The van der Waals surface area contributed by atoms with E-state index in [0.29, 0.717) is 45.5 Å². The molecule has 1 N–H and O–H groups in total. The fourth-order valence-corrected chi connectivity index (χ4v) is 2.21. The van der Waals surface area contributed by atoms with Crippen LogP contribution in [0.5, 0.6) is 0 Å². The van der Waals surface area contributed by atoms with Gasteiger partial charge in [-0.1, -0.05) is 6.92 Å². The van der Waals surface area contributed by atoms with Crippen LogP contribution in [0.2, 0.25) is 0 Å². The van der Waals surface area contributed by atoms with Gasteiger partial charge < -0.3 is 33.8 Å². The Morgan fingerprint density at radius 3 is 2.35 bits per heavy atom. The molecule has 0 aromatic rings. The molecular weight excluding hydrogens is 420 g/mol. The van der Waals surface area contributed by atoms with E-state index in [4.69, 9.17) is 23.7 Å². The van der Waals surface area contributed by atoms with Crippen LogP contribution in [-0.2, 0) is 38.1 Å². The zero-order valence-corrected chi connectivity index (χ0v) is 17.8. The monoisotopic (exact) mass is 452 g/mol. The topological polar surface area (TPSA) is 162 Å². The van der Waals surface area contributed by atoms with Gasteiger partial charge in [-0.15, -0.1) is 10.1 Å². The van der Waals surface area contributed by atoms with Crippen molar-refractivity contribution in [2.45, 2.75) is 45.1 Å². The molecule has 1 unspecified atom stereocenters. The van der Waals surface area contributed by atoms with Gasteiger partial charge in [0.05, 0.1) is 26.2 Å². The molecule has 0 spiro atoms. The summed E-state index contributed by atoms with van der Waals surface area (Å²) in [6.07, 6.45) is 1.25. The van der Waals surface area contributed by atoms with Crippen molar-refractivity contribution in [2.24, 2.45) is 0 Å². The summed E-state index contributed by atoms with van der Waals surface area (Å²) in [5.41, 5.74) is 0. The molecule has 0 heterocycles. The first kappa shape index (κ1) is 28.3. The Labute approximate surface area is 180 Å². The molecule has 0 radical (unpaired) electrons. The number of ether oxygens (including phenoxy) is 5. The number of nitrogens with zero attached hydrogens (tertiary/aromatic N) is 1. The summed E-state index contributed by atoms with van der Waals surface area (Å²) in [4.78, 5) is 47.8. The van der Waals surface area contributed by atoms with Gasteiger partial charge in [-0.2, -0.15) is 0 Å². The van der Waals surface area contributed by atoms with Crippen molar-refractivity contribution in [2.75, 3.05) is 52.8 Å². The minimum Gasteiger partial charge on any atom is -0.464 e. The number of amides is 1. The Kier molecular flexibility index (Phi) is 18.8. The highest BCUT2D eigenvalue weighted by atomic mass is 17.0. The molecule has 1 atom stereocenters. The molecule has 0 aromatic heterocycles. The number of hydrogen-bond donors (Lipinski definition) is 1. The third-order valence-corrected chi connectivity index (χ3v) is 3.59. The standard InChI is InChI=1S/C18H32N2O11/c1-2-7-26-8-11-28-17(22)14-16(30-15-21)5-3-4-6-19-18(23)29-12-9-27-10-13-31-20(24)25/h15-16H,2-14H2,1H3,(H,19,23). The molecule has 0 aromatic carbocycles. The fourth-order valence-electron chi connectivity index (χ4n) is 2.21. The predicted octanol–water partition coefficient (Wildman–Crippen LogP) is 1.01. The number of esters is 1. The van der Waals surface area contributed by atoms with E-state index in [1.54, 1.807) is 0 Å². The van der Waals surface area contributed by atoms with Crippen molar-refractivity contribution in [3.8, 4) is 0 Å². The molecule has 0 rings (SSSR count). The van der Waals surface area contributed by atoms with Crippen LogP contribution in [0.1, 0.15) is 39.0 Å². The van der Waals surface area contributed by atoms with Crippen molar-refractivity contribution < 1.29 is 48.0 Å². The predicted molar refractivity (Wildman–Crippen MR) is 105 cm³/mol. The zero-order chi connectivity index (χ0) is 23.2. The Bertz CT molecular complexity index is 505. The Hall–Kier alpha value is -2.67. The van der Waals surface area contributed by atoms with Crippen molar-refractivity contribution in [3.05, 3.63) is 10.1 Å². The van der Waals surface area contributed by atoms with Gasteiger partial charge in [-0.25, -0.2) is 4.79 Å². The summed E-state index contributed by atoms with van der Waals surface area (Å²) < 4.78 is 25.0. The van der Waals surface area contributed by atoms with Crippen molar-refractivity contribution in [1.29, 1.82) is 0 Å². The summed E-state index contributed by atoms with van der Waals surface area (Å²) >= 11 is 0. The van der Waals surface area contributed by atoms with Crippen molar-refractivity contribution in [1.82, 2.24) is 5.32 Å². The first-order valence-electron chi connectivity index (χ1n) is 10.1. The number of unbranched alkanes of at least 4 members (excludes halogenated alkanes) is 1. The van der Waals surface area contributed by atoms with Crippen LogP contribution in [-0.4, -0.2) is 82.5 Å². The van der Waals surface area contributed by atoms with Gasteiger partial charge in [0.1, 0.15) is 25.9 Å². The zero-order valence-electron chi connectivity index (χ0n) is 17.8. The first-order chi connectivity index (χ1) is 15.0. The van der Waals surface area contributed by atoms with Gasteiger partial charge in [0, 0.05) is 13.2 Å². The van der Waals surface area contributed by atoms with Crippen LogP contribution >= 0.6 is 0 Å². The molecule has 180 valence electrons. The second-order valence-electron chi connectivity index (χ2n) is 6.12. The molecule has 0 aliphatic heterocycles. The summed E-state index contributed by atoms with van der Waals surface area (Å²) in [5, 5.41) is 11.5. The van der Waals surface area contributed by atoms with Crippen LogP contribution < -0.4 is 5.32 Å². The molecule has 0 bridgehead atoms. The molecule has 0 aliphatic rings. The van der Waals surface area contributed by atoms with E-state index in [1.807, 2.05) is 6.92 Å². The quantitative estimate of drug-likeness (QED) is 0.0660. The smallest absolute Gasteiger partial charge is 0.407 e. The Morgan fingerprint density at radius 1 is 1.00 bits per heavy atom. The lowest BCUT2D eigenvalue weighted by molar-refractivity contribution is -0.758. The second-order valence-corrected chi connectivity index (χ2v) is 6.12. The largest absolute Gasteiger partial charge is 0.464 e. The van der Waals surface area contributed by atoms with Crippen molar-refractivity contribution >= 4 is 18.5 Å². The summed E-state index contributed by atoms with van der Waals surface area (Å²) in [6.45, 7) is 3.57. The normalized spacial score (nSPS) is 11.3. The molecule has 1 amide bonds. The van der Waals surface area contributed by atoms with E-state index in [2.05, 4.69) is 10.2 Å². The maximum atomic E-state index is 11.8. The second kappa shape index (κ2) is 20.6. The number of rotatable bonds is 21. The summed E-state index contributed by atoms with van der Waals surface area (Å²) in [6, 6.07) is 0. The van der Waals surface area contributed by atoms with E-state index in [9.17, 15) is 24.5 Å². The van der Waals surface area contributed by atoms with Crippen molar-refractivity contribution in [3.63, 3.8) is 0 Å². The molecular formula is C18H32N2O11. The molecule has 13 heteroatoms. The van der Waals surface area contributed by atoms with Crippen LogP contribution in [0.25, 0.3) is 0 Å². The number of alkyl carbamates (subject to hydrolysis) is 1. The van der Waals surface area contributed by atoms with E-state index in [1.165, 1.54) is 0 Å².